The van der Waals surface area contributed by atoms with Crippen LogP contribution in [0.2, 0.25) is 0 Å². The van der Waals surface area contributed by atoms with Gasteiger partial charge in [-0.1, -0.05) is 18.9 Å². The van der Waals surface area contributed by atoms with E-state index in [1.807, 2.05) is 0 Å². The smallest absolute Gasteiger partial charge is 0.207 e. The normalized spacial score (nSPS) is 13.8. The SMILES string of the molecule is C#CC(CC)NS(=O)(=O)c1cccc(C(F)(F)F)c1. The van der Waals surface area contributed by atoms with Crippen LogP contribution in [0.25, 0.3) is 0 Å². The van der Waals surface area contributed by atoms with Gasteiger partial charge >= 0.3 is 6.18 Å². The number of nitrogens with one attached hydrogen (secondary N) is 1. The van der Waals surface area contributed by atoms with Crippen molar-refractivity contribution in [3.63, 3.8) is 0 Å². The number of sulfonamides is 1. The summed E-state index contributed by atoms with van der Waals surface area (Å²) in [7, 11) is -4.06. The monoisotopic (exact) mass is 291 g/mol. The summed E-state index contributed by atoms with van der Waals surface area (Å²) < 4.78 is 63.4. The van der Waals surface area contributed by atoms with Gasteiger partial charge in [-0.2, -0.15) is 17.9 Å². The van der Waals surface area contributed by atoms with Crippen LogP contribution in [0.3, 0.4) is 0 Å². The van der Waals surface area contributed by atoms with Gasteiger partial charge in [-0.05, 0) is 24.6 Å². The van der Waals surface area contributed by atoms with E-state index in [1.165, 1.54) is 0 Å². The quantitative estimate of drug-likeness (QED) is 0.866. The first-order valence-corrected chi connectivity index (χ1v) is 6.84. The lowest BCUT2D eigenvalue weighted by molar-refractivity contribution is -0.137. The highest BCUT2D eigenvalue weighted by Crippen LogP contribution is 2.30. The van der Waals surface area contributed by atoms with E-state index >= 15 is 0 Å². The highest BCUT2D eigenvalue weighted by atomic mass is 32.2. The molecule has 0 heterocycles. The molecule has 0 spiro atoms. The van der Waals surface area contributed by atoms with E-state index in [0.717, 1.165) is 18.2 Å². The second kappa shape index (κ2) is 5.63. The molecule has 0 aliphatic rings. The minimum atomic E-state index is -4.60. The second-order valence-corrected chi connectivity index (χ2v) is 5.49. The molecule has 1 unspecified atom stereocenters. The zero-order chi connectivity index (χ0) is 14.7. The summed E-state index contributed by atoms with van der Waals surface area (Å²) in [4.78, 5) is -0.462. The molecule has 0 aliphatic carbocycles. The molecule has 104 valence electrons. The fourth-order valence-electron chi connectivity index (χ4n) is 1.33. The van der Waals surface area contributed by atoms with Crippen LogP contribution >= 0.6 is 0 Å². The Labute approximate surface area is 109 Å². The molecule has 1 aromatic rings. The minimum Gasteiger partial charge on any atom is -0.207 e. The van der Waals surface area contributed by atoms with Crippen LogP contribution in [0, 0.1) is 12.3 Å². The van der Waals surface area contributed by atoms with Crippen LogP contribution < -0.4 is 4.72 Å². The topological polar surface area (TPSA) is 46.2 Å². The van der Waals surface area contributed by atoms with Gasteiger partial charge in [-0.25, -0.2) is 8.42 Å². The second-order valence-electron chi connectivity index (χ2n) is 3.77. The molecule has 1 N–H and O–H groups in total. The van der Waals surface area contributed by atoms with Gasteiger partial charge in [0.15, 0.2) is 0 Å². The third-order valence-electron chi connectivity index (χ3n) is 2.38. The first kappa shape index (κ1) is 15.5. The van der Waals surface area contributed by atoms with E-state index < -0.39 is 32.7 Å². The van der Waals surface area contributed by atoms with E-state index in [1.54, 1.807) is 6.92 Å². The maximum Gasteiger partial charge on any atom is 0.416 e. The molecular formula is C12H12F3NO2S. The third kappa shape index (κ3) is 3.98. The van der Waals surface area contributed by atoms with Gasteiger partial charge in [0, 0.05) is 0 Å². The number of terminal acetylenes is 1. The van der Waals surface area contributed by atoms with Crippen molar-refractivity contribution in [2.24, 2.45) is 0 Å². The predicted molar refractivity (Wildman–Crippen MR) is 64.7 cm³/mol. The van der Waals surface area contributed by atoms with Gasteiger partial charge in [0.25, 0.3) is 0 Å². The van der Waals surface area contributed by atoms with Crippen molar-refractivity contribution < 1.29 is 21.6 Å². The molecule has 0 aliphatic heterocycles. The van der Waals surface area contributed by atoms with Gasteiger partial charge < -0.3 is 0 Å². The Balaban J connectivity index is 3.13. The van der Waals surface area contributed by atoms with Crippen molar-refractivity contribution in [3.8, 4) is 12.3 Å². The predicted octanol–water partition coefficient (Wildman–Crippen LogP) is 2.40. The Hall–Kier alpha value is -1.52. The van der Waals surface area contributed by atoms with Crippen LogP contribution in [0.15, 0.2) is 29.2 Å². The fraction of sp³-hybridized carbons (Fsp3) is 0.333. The number of rotatable bonds is 4. The fourth-order valence-corrected chi connectivity index (χ4v) is 2.62. The molecule has 0 fully saturated rings. The zero-order valence-electron chi connectivity index (χ0n) is 10.0. The molecule has 1 rings (SSSR count). The number of benzene rings is 1. The zero-order valence-corrected chi connectivity index (χ0v) is 10.8. The highest BCUT2D eigenvalue weighted by Gasteiger charge is 2.31. The van der Waals surface area contributed by atoms with Crippen LogP contribution in [-0.4, -0.2) is 14.5 Å². The van der Waals surface area contributed by atoms with Gasteiger partial charge in [0.05, 0.1) is 16.5 Å². The van der Waals surface area contributed by atoms with Crippen LogP contribution in [0.5, 0.6) is 0 Å². The van der Waals surface area contributed by atoms with Gasteiger partial charge in [-0.15, -0.1) is 6.42 Å². The van der Waals surface area contributed by atoms with E-state index in [2.05, 4.69) is 10.6 Å². The number of halogens is 3. The highest BCUT2D eigenvalue weighted by molar-refractivity contribution is 7.89. The van der Waals surface area contributed by atoms with Crippen molar-refractivity contribution >= 4 is 10.0 Å². The Morgan fingerprint density at radius 3 is 2.53 bits per heavy atom. The average Bonchev–Trinajstić information content (AvgIpc) is 2.35. The summed E-state index contributed by atoms with van der Waals surface area (Å²) in [6.45, 7) is 1.67. The number of hydrogen-bond donors (Lipinski definition) is 1. The van der Waals surface area contributed by atoms with Crippen molar-refractivity contribution in [1.29, 1.82) is 0 Å². The standard InChI is InChI=1S/C12H12F3NO2S/c1-3-10(4-2)16-19(17,18)11-7-5-6-9(8-11)12(13,14)15/h1,5-8,10,16H,4H2,2H3. The van der Waals surface area contributed by atoms with Crippen molar-refractivity contribution in [2.45, 2.75) is 30.5 Å². The Morgan fingerprint density at radius 1 is 1.42 bits per heavy atom. The molecular weight excluding hydrogens is 279 g/mol. The first-order valence-electron chi connectivity index (χ1n) is 5.36. The lowest BCUT2D eigenvalue weighted by Crippen LogP contribution is -2.33. The first-order chi connectivity index (χ1) is 8.70. The Morgan fingerprint density at radius 2 is 2.05 bits per heavy atom. The number of alkyl halides is 3. The lowest BCUT2D eigenvalue weighted by atomic mass is 10.2. The molecule has 7 heteroatoms. The summed E-state index contributed by atoms with van der Waals surface area (Å²) in [5.74, 6) is 2.21. The largest absolute Gasteiger partial charge is 0.416 e. The maximum atomic E-state index is 12.5. The molecule has 1 aromatic carbocycles. The van der Waals surface area contributed by atoms with Gasteiger partial charge in [0.1, 0.15) is 0 Å². The Bertz CT molecular complexity index is 588. The van der Waals surface area contributed by atoms with Crippen LogP contribution in [0.4, 0.5) is 13.2 Å². The van der Waals surface area contributed by atoms with E-state index in [-0.39, 0.29) is 0 Å². The summed E-state index contributed by atoms with van der Waals surface area (Å²) in [6, 6.07) is 2.75. The minimum absolute atomic E-state index is 0.342. The Kier molecular flexibility index (Phi) is 4.61. The van der Waals surface area contributed by atoms with Crippen LogP contribution in [-0.2, 0) is 16.2 Å². The molecule has 0 saturated carbocycles. The van der Waals surface area contributed by atoms with E-state index in [0.29, 0.717) is 12.5 Å². The van der Waals surface area contributed by atoms with Gasteiger partial charge in [-0.3, -0.25) is 0 Å². The lowest BCUT2D eigenvalue weighted by Gasteiger charge is -2.13. The van der Waals surface area contributed by atoms with E-state index in [4.69, 9.17) is 6.42 Å². The number of hydrogen-bond acceptors (Lipinski definition) is 2. The maximum absolute atomic E-state index is 12.5. The summed E-state index contributed by atoms with van der Waals surface area (Å²) >= 11 is 0. The molecule has 1 atom stereocenters. The van der Waals surface area contributed by atoms with Crippen molar-refractivity contribution in [3.05, 3.63) is 29.8 Å². The molecule has 19 heavy (non-hydrogen) atoms. The summed E-state index contributed by atoms with van der Waals surface area (Å²) in [5.41, 5.74) is -1.02. The molecule has 0 radical (unpaired) electrons. The molecule has 0 amide bonds. The third-order valence-corrected chi connectivity index (χ3v) is 3.85. The van der Waals surface area contributed by atoms with Gasteiger partial charge in [0.2, 0.25) is 10.0 Å². The van der Waals surface area contributed by atoms with Crippen LogP contribution in [0.1, 0.15) is 18.9 Å². The molecule has 3 nitrogen and oxygen atoms in total. The molecule has 0 bridgehead atoms. The average molecular weight is 291 g/mol. The summed E-state index contributed by atoms with van der Waals surface area (Å²) in [5, 5.41) is 0. The van der Waals surface area contributed by atoms with E-state index in [9.17, 15) is 21.6 Å². The van der Waals surface area contributed by atoms with Crippen molar-refractivity contribution in [1.82, 2.24) is 4.72 Å². The van der Waals surface area contributed by atoms with Crippen molar-refractivity contribution in [2.75, 3.05) is 0 Å². The summed E-state index contributed by atoms with van der Waals surface area (Å²) in [6.07, 6.45) is 0.857. The molecule has 0 saturated heterocycles. The molecule has 0 aromatic heterocycles.